The third-order valence-corrected chi connectivity index (χ3v) is 4.75. The lowest BCUT2D eigenvalue weighted by molar-refractivity contribution is 0.590. The zero-order valence-electron chi connectivity index (χ0n) is 10.1. The fourth-order valence-electron chi connectivity index (χ4n) is 1.70. The number of sulfone groups is 1. The molecular weight excluding hydrogens is 352 g/mol. The summed E-state index contributed by atoms with van der Waals surface area (Å²) in [5, 5.41) is 0. The van der Waals surface area contributed by atoms with Crippen molar-refractivity contribution in [2.24, 2.45) is 0 Å². The molecule has 2 aromatic rings. The van der Waals surface area contributed by atoms with Crippen molar-refractivity contribution in [3.63, 3.8) is 0 Å². The van der Waals surface area contributed by atoms with Gasteiger partial charge in [-0.3, -0.25) is 0 Å². The second kappa shape index (κ2) is 5.49. The number of nitrogens with two attached hydrogens (primary N) is 1. The van der Waals surface area contributed by atoms with Crippen molar-refractivity contribution in [1.82, 2.24) is 0 Å². The Morgan fingerprint density at radius 3 is 2.40 bits per heavy atom. The molecule has 0 aromatic heterocycles. The maximum atomic E-state index is 13.3. The third kappa shape index (κ3) is 3.34. The molecule has 0 bridgehead atoms. The lowest BCUT2D eigenvalue weighted by Gasteiger charge is -2.07. The molecule has 0 radical (unpaired) electrons. The smallest absolute Gasteiger partial charge is 0.182 e. The van der Waals surface area contributed by atoms with Crippen LogP contribution in [0.2, 0.25) is 0 Å². The van der Waals surface area contributed by atoms with Crippen molar-refractivity contribution >= 4 is 31.5 Å². The van der Waals surface area contributed by atoms with Crippen molar-refractivity contribution in [3.8, 4) is 0 Å². The quantitative estimate of drug-likeness (QED) is 0.853. The highest BCUT2D eigenvalue weighted by molar-refractivity contribution is 9.10. The van der Waals surface area contributed by atoms with Crippen LogP contribution < -0.4 is 5.73 Å². The van der Waals surface area contributed by atoms with E-state index in [2.05, 4.69) is 15.9 Å². The van der Waals surface area contributed by atoms with E-state index in [4.69, 9.17) is 5.73 Å². The van der Waals surface area contributed by atoms with E-state index < -0.39 is 27.2 Å². The molecule has 7 heteroatoms. The number of rotatable bonds is 3. The molecule has 20 heavy (non-hydrogen) atoms. The summed E-state index contributed by atoms with van der Waals surface area (Å²) >= 11 is 3.09. The van der Waals surface area contributed by atoms with Gasteiger partial charge < -0.3 is 5.73 Å². The van der Waals surface area contributed by atoms with Crippen LogP contribution in [0.4, 0.5) is 14.5 Å². The van der Waals surface area contributed by atoms with Gasteiger partial charge in [0.2, 0.25) is 0 Å². The van der Waals surface area contributed by atoms with Crippen LogP contribution in [0.1, 0.15) is 5.56 Å². The summed E-state index contributed by atoms with van der Waals surface area (Å²) in [6, 6.07) is 7.11. The second-order valence-corrected chi connectivity index (χ2v) is 7.13. The minimum absolute atomic E-state index is 0.127. The average Bonchev–Trinajstić information content (AvgIpc) is 2.30. The van der Waals surface area contributed by atoms with E-state index in [-0.39, 0.29) is 16.1 Å². The van der Waals surface area contributed by atoms with Gasteiger partial charge in [-0.15, -0.1) is 0 Å². The summed E-state index contributed by atoms with van der Waals surface area (Å²) in [5.74, 6) is -1.77. The summed E-state index contributed by atoms with van der Waals surface area (Å²) in [7, 11) is -3.77. The minimum atomic E-state index is -3.77. The largest absolute Gasteiger partial charge is 0.396 e. The highest BCUT2D eigenvalue weighted by atomic mass is 79.9. The maximum Gasteiger partial charge on any atom is 0.182 e. The Hall–Kier alpha value is -1.47. The Morgan fingerprint density at radius 1 is 1.10 bits per heavy atom. The summed E-state index contributed by atoms with van der Waals surface area (Å²) < 4.78 is 51.3. The van der Waals surface area contributed by atoms with Crippen LogP contribution in [-0.2, 0) is 15.6 Å². The van der Waals surface area contributed by atoms with E-state index in [1.165, 1.54) is 24.3 Å². The molecule has 0 atom stereocenters. The van der Waals surface area contributed by atoms with Gasteiger partial charge in [0.1, 0.15) is 11.6 Å². The predicted octanol–water partition coefficient (Wildman–Crippen LogP) is 3.28. The van der Waals surface area contributed by atoms with E-state index in [0.29, 0.717) is 4.47 Å². The van der Waals surface area contributed by atoms with Crippen LogP contribution in [0.3, 0.4) is 0 Å². The fourth-order valence-corrected chi connectivity index (χ4v) is 3.54. The number of hydrogen-bond acceptors (Lipinski definition) is 3. The first-order chi connectivity index (χ1) is 9.28. The number of halogens is 3. The topological polar surface area (TPSA) is 60.2 Å². The van der Waals surface area contributed by atoms with Crippen molar-refractivity contribution < 1.29 is 17.2 Å². The first-order valence-electron chi connectivity index (χ1n) is 5.51. The highest BCUT2D eigenvalue weighted by Crippen LogP contribution is 2.22. The maximum absolute atomic E-state index is 13.3. The zero-order chi connectivity index (χ0) is 14.9. The Kier molecular flexibility index (Phi) is 4.10. The number of anilines is 1. The molecule has 106 valence electrons. The van der Waals surface area contributed by atoms with Gasteiger partial charge in [0, 0.05) is 4.47 Å². The van der Waals surface area contributed by atoms with Crippen LogP contribution in [0.5, 0.6) is 0 Å². The molecule has 0 heterocycles. The number of nitrogen functional groups attached to an aromatic ring is 1. The van der Waals surface area contributed by atoms with E-state index in [0.717, 1.165) is 12.1 Å². The Morgan fingerprint density at radius 2 is 1.80 bits per heavy atom. The first kappa shape index (κ1) is 14.9. The number of benzene rings is 2. The normalized spacial score (nSPS) is 11.6. The standard InChI is InChI=1S/C13H10BrF2NO2S/c14-9-3-8(4-10(15)5-9)7-20(18,19)11-1-2-13(17)12(16)6-11/h1-6H,7,17H2. The van der Waals surface area contributed by atoms with Crippen LogP contribution in [-0.4, -0.2) is 8.42 Å². The van der Waals surface area contributed by atoms with E-state index in [1.54, 1.807) is 0 Å². The monoisotopic (exact) mass is 361 g/mol. The predicted molar refractivity (Wildman–Crippen MR) is 75.8 cm³/mol. The summed E-state index contributed by atoms with van der Waals surface area (Å²) in [5.41, 5.74) is 5.44. The number of hydrogen-bond donors (Lipinski definition) is 1. The van der Waals surface area contributed by atoms with Gasteiger partial charge in [-0.2, -0.15) is 0 Å². The van der Waals surface area contributed by atoms with Gasteiger partial charge in [0.15, 0.2) is 9.84 Å². The molecule has 2 N–H and O–H groups in total. The summed E-state index contributed by atoms with van der Waals surface area (Å²) in [4.78, 5) is -0.190. The third-order valence-electron chi connectivity index (χ3n) is 2.61. The molecule has 0 aliphatic heterocycles. The van der Waals surface area contributed by atoms with Gasteiger partial charge in [0.05, 0.1) is 16.3 Å². The van der Waals surface area contributed by atoms with Gasteiger partial charge in [-0.1, -0.05) is 15.9 Å². The molecule has 0 unspecified atom stereocenters. The molecule has 0 amide bonds. The summed E-state index contributed by atoms with van der Waals surface area (Å²) in [6.07, 6.45) is 0. The minimum Gasteiger partial charge on any atom is -0.396 e. The van der Waals surface area contributed by atoms with E-state index in [9.17, 15) is 17.2 Å². The van der Waals surface area contributed by atoms with Gasteiger partial charge in [-0.25, -0.2) is 17.2 Å². The molecular formula is C13H10BrF2NO2S. The van der Waals surface area contributed by atoms with Crippen molar-refractivity contribution in [3.05, 3.63) is 58.1 Å². The lowest BCUT2D eigenvalue weighted by atomic mass is 10.2. The van der Waals surface area contributed by atoms with E-state index >= 15 is 0 Å². The molecule has 3 nitrogen and oxygen atoms in total. The van der Waals surface area contributed by atoms with Crippen molar-refractivity contribution in [1.29, 1.82) is 0 Å². The first-order valence-corrected chi connectivity index (χ1v) is 7.95. The van der Waals surface area contributed by atoms with E-state index in [1.807, 2.05) is 0 Å². The molecule has 0 saturated heterocycles. The highest BCUT2D eigenvalue weighted by Gasteiger charge is 2.17. The van der Waals surface area contributed by atoms with Crippen LogP contribution in [0.25, 0.3) is 0 Å². The molecule has 0 aliphatic rings. The molecule has 2 rings (SSSR count). The Labute approximate surface area is 123 Å². The molecule has 0 aliphatic carbocycles. The lowest BCUT2D eigenvalue weighted by Crippen LogP contribution is -2.06. The fraction of sp³-hybridized carbons (Fsp3) is 0.0769. The van der Waals surface area contributed by atoms with Crippen LogP contribution in [0.15, 0.2) is 45.8 Å². The van der Waals surface area contributed by atoms with Crippen molar-refractivity contribution in [2.45, 2.75) is 10.6 Å². The van der Waals surface area contributed by atoms with Crippen LogP contribution >= 0.6 is 15.9 Å². The van der Waals surface area contributed by atoms with Crippen molar-refractivity contribution in [2.75, 3.05) is 5.73 Å². The molecule has 0 spiro atoms. The van der Waals surface area contributed by atoms with Crippen LogP contribution in [0, 0.1) is 11.6 Å². The Bertz CT molecular complexity index is 743. The molecule has 2 aromatic carbocycles. The van der Waals surface area contributed by atoms with Gasteiger partial charge >= 0.3 is 0 Å². The SMILES string of the molecule is Nc1ccc(S(=O)(=O)Cc2cc(F)cc(Br)c2)cc1F. The second-order valence-electron chi connectivity index (χ2n) is 4.22. The average molecular weight is 362 g/mol. The Balaban J connectivity index is 2.37. The van der Waals surface area contributed by atoms with Gasteiger partial charge in [-0.05, 0) is 42.0 Å². The zero-order valence-corrected chi connectivity index (χ0v) is 12.5. The summed E-state index contributed by atoms with van der Waals surface area (Å²) in [6.45, 7) is 0. The molecule has 0 saturated carbocycles. The van der Waals surface area contributed by atoms with Gasteiger partial charge in [0.25, 0.3) is 0 Å². The molecule has 0 fully saturated rings.